The lowest BCUT2D eigenvalue weighted by Crippen LogP contribution is -2.65. The van der Waals surface area contributed by atoms with E-state index in [2.05, 4.69) is 53.8 Å². The number of ether oxygens (including phenoxy) is 2. The van der Waals surface area contributed by atoms with Crippen LogP contribution in [0.2, 0.25) is 0 Å². The van der Waals surface area contributed by atoms with E-state index in [0.717, 1.165) is 56.9 Å². The lowest BCUT2D eigenvalue weighted by Gasteiger charge is -2.72. The molecule has 8 heteroatoms. The number of rotatable bonds is 9. The molecule has 5 aliphatic rings. The first-order valence-corrected chi connectivity index (χ1v) is 20.2. The van der Waals surface area contributed by atoms with Gasteiger partial charge in [-0.25, -0.2) is 0 Å². The Bertz CT molecular complexity index is 1510. The van der Waals surface area contributed by atoms with Crippen molar-refractivity contribution in [1.29, 1.82) is 0 Å². The van der Waals surface area contributed by atoms with Gasteiger partial charge in [0.15, 0.2) is 5.78 Å². The fourth-order valence-electron chi connectivity index (χ4n) is 12.6. The van der Waals surface area contributed by atoms with Gasteiger partial charge in [0.25, 0.3) is 0 Å². The first-order valence-electron chi connectivity index (χ1n) is 20.2. The van der Waals surface area contributed by atoms with Gasteiger partial charge < -0.3 is 19.9 Å². The highest BCUT2D eigenvalue weighted by Crippen LogP contribution is 2.77. The van der Waals surface area contributed by atoms with E-state index in [1.54, 1.807) is 19.9 Å². The molecule has 0 heterocycles. The van der Waals surface area contributed by atoms with Crippen molar-refractivity contribution in [3.63, 3.8) is 0 Å². The lowest BCUT2D eigenvalue weighted by atomic mass is 9.33. The van der Waals surface area contributed by atoms with Crippen LogP contribution in [0.15, 0.2) is 23.3 Å². The van der Waals surface area contributed by atoms with E-state index in [1.807, 2.05) is 26.8 Å². The minimum Gasteiger partial charge on any atom is -0.462 e. The zero-order valence-corrected chi connectivity index (χ0v) is 34.4. The first-order chi connectivity index (χ1) is 23.9. The van der Waals surface area contributed by atoms with Gasteiger partial charge >= 0.3 is 11.9 Å². The average Bonchev–Trinajstić information content (AvgIpc) is 3.32. The summed E-state index contributed by atoms with van der Waals surface area (Å²) in [5, 5.41) is 12.0. The van der Waals surface area contributed by atoms with Crippen molar-refractivity contribution < 1.29 is 33.8 Å². The molecule has 5 aliphatic carbocycles. The average molecular weight is 724 g/mol. The molecule has 292 valence electrons. The first kappa shape index (κ1) is 40.7. The molecule has 4 fully saturated rings. The van der Waals surface area contributed by atoms with Crippen LogP contribution in [-0.2, 0) is 28.7 Å². The molecule has 0 saturated heterocycles. The highest BCUT2D eigenvalue weighted by atomic mass is 16.6. The number of hydrogen-bond donors (Lipinski definition) is 2. The van der Waals surface area contributed by atoms with Crippen LogP contribution in [0.3, 0.4) is 0 Å². The zero-order valence-electron chi connectivity index (χ0n) is 34.4. The summed E-state index contributed by atoms with van der Waals surface area (Å²) in [4.78, 5) is 52.9. The number of aliphatic hydroxyl groups excluding tert-OH is 1. The van der Waals surface area contributed by atoms with Crippen molar-refractivity contribution in [2.75, 3.05) is 13.2 Å². The number of ketones is 1. The van der Waals surface area contributed by atoms with E-state index >= 15 is 0 Å². The van der Waals surface area contributed by atoms with Crippen molar-refractivity contribution in [3.8, 4) is 0 Å². The van der Waals surface area contributed by atoms with Crippen molar-refractivity contribution in [2.24, 2.45) is 56.2 Å². The fraction of sp³-hybridized carbons (Fsp3) is 0.818. The Morgan fingerprint density at radius 1 is 0.904 bits per heavy atom. The minimum absolute atomic E-state index is 0.00117. The molecule has 4 saturated carbocycles. The Hall–Kier alpha value is -2.48. The quantitative estimate of drug-likeness (QED) is 0.182. The lowest BCUT2D eigenvalue weighted by molar-refractivity contribution is -0.232. The van der Waals surface area contributed by atoms with Gasteiger partial charge in [-0.1, -0.05) is 54.5 Å². The highest BCUT2D eigenvalue weighted by molar-refractivity contribution is 6.01. The summed E-state index contributed by atoms with van der Waals surface area (Å²) in [5.41, 5.74) is 0.181. The molecule has 0 spiro atoms. The van der Waals surface area contributed by atoms with Crippen molar-refractivity contribution in [1.82, 2.24) is 5.32 Å². The van der Waals surface area contributed by atoms with Gasteiger partial charge in [-0.15, -0.1) is 0 Å². The third-order valence-electron chi connectivity index (χ3n) is 15.2. The number of Topliss-reactive ketones (excluding diaryl/α,β-unsaturated/α-hetero) is 1. The molecule has 0 aromatic carbocycles. The molecule has 0 aliphatic heterocycles. The maximum absolute atomic E-state index is 13.8. The van der Waals surface area contributed by atoms with Crippen molar-refractivity contribution in [3.05, 3.63) is 23.3 Å². The Labute approximate surface area is 313 Å². The molecule has 52 heavy (non-hydrogen) atoms. The number of aliphatic hydroxyl groups is 1. The standard InChI is InChI=1S/C44H69NO7/c1-27(2)35-29(47)25-44(20-17-33(48)45-23-24-46)22-21-42(11)28(36(35)44)13-14-31-41(10)18-16-32(40(8,9)30(41)15-19-43(31,42)12)51-34(49)26-39(6,7)37(50)52-38(3,4)5/h17,20,27-28,30-32,46H,13-16,18-19,21-26H2,1-12H3,(H,45,48)/t28-,30+,31-,32+,41+,42-,43-,44+/m1/s1. The second kappa shape index (κ2) is 13.7. The maximum atomic E-state index is 13.8. The van der Waals surface area contributed by atoms with Crippen LogP contribution >= 0.6 is 0 Å². The number of carbonyl (C=O) groups is 4. The largest absolute Gasteiger partial charge is 0.462 e. The monoisotopic (exact) mass is 724 g/mol. The predicted molar refractivity (Wildman–Crippen MR) is 203 cm³/mol. The summed E-state index contributed by atoms with van der Waals surface area (Å²) in [7, 11) is 0. The number of hydrogen-bond acceptors (Lipinski definition) is 7. The SMILES string of the molecule is CC(C)C1=C2[C@H]3CC[C@@H]4[C@@]5(C)CC[C@H](OC(=O)CC(C)(C)C(=O)OC(C)(C)C)C(C)(C)[C@@H]5CC[C@@]4(C)[C@]3(C)CC[C@@]2(C=CC(=O)NCCO)CC1=O. The Kier molecular flexibility index (Phi) is 10.7. The van der Waals surface area contributed by atoms with E-state index in [1.165, 1.54) is 5.57 Å². The van der Waals surface area contributed by atoms with Crippen LogP contribution in [0.25, 0.3) is 0 Å². The molecule has 0 aromatic heterocycles. The minimum atomic E-state index is -0.979. The summed E-state index contributed by atoms with van der Waals surface area (Å²) in [6.45, 7) is 25.6. The number of amides is 1. The van der Waals surface area contributed by atoms with Gasteiger partial charge in [0.2, 0.25) is 5.91 Å². The van der Waals surface area contributed by atoms with Crippen LogP contribution in [-0.4, -0.2) is 53.6 Å². The summed E-state index contributed by atoms with van der Waals surface area (Å²) >= 11 is 0. The normalized spacial score (nSPS) is 37.2. The number of carbonyl (C=O) groups excluding carboxylic acids is 4. The third kappa shape index (κ3) is 6.74. The molecule has 5 rings (SSSR count). The van der Waals surface area contributed by atoms with Gasteiger partial charge in [0.1, 0.15) is 11.7 Å². The van der Waals surface area contributed by atoms with Crippen LogP contribution in [0.1, 0.15) is 147 Å². The smallest absolute Gasteiger partial charge is 0.312 e. The Morgan fingerprint density at radius 2 is 1.58 bits per heavy atom. The molecule has 8 nitrogen and oxygen atoms in total. The van der Waals surface area contributed by atoms with Crippen LogP contribution in [0.4, 0.5) is 0 Å². The molecule has 1 amide bonds. The van der Waals surface area contributed by atoms with Crippen LogP contribution in [0, 0.1) is 56.2 Å². The highest BCUT2D eigenvalue weighted by Gasteiger charge is 2.70. The topological polar surface area (TPSA) is 119 Å². The molecule has 0 bridgehead atoms. The van der Waals surface area contributed by atoms with Crippen molar-refractivity contribution >= 4 is 23.6 Å². The van der Waals surface area contributed by atoms with E-state index in [9.17, 15) is 24.3 Å². The third-order valence-corrected chi connectivity index (χ3v) is 15.2. The van der Waals surface area contributed by atoms with Gasteiger partial charge in [-0.05, 0) is 143 Å². The molecule has 0 unspecified atom stereocenters. The zero-order chi connectivity index (χ0) is 38.9. The molecule has 0 aromatic rings. The number of esters is 2. The predicted octanol–water partition coefficient (Wildman–Crippen LogP) is 8.30. The number of allylic oxidation sites excluding steroid dienone is 3. The second-order valence-corrected chi connectivity index (χ2v) is 20.6. The van der Waals surface area contributed by atoms with E-state index < -0.39 is 16.4 Å². The van der Waals surface area contributed by atoms with E-state index in [4.69, 9.17) is 9.47 Å². The summed E-state index contributed by atoms with van der Waals surface area (Å²) < 4.78 is 11.9. The number of nitrogens with one attached hydrogen (secondary N) is 1. The molecule has 2 N–H and O–H groups in total. The van der Waals surface area contributed by atoms with Gasteiger partial charge in [-0.2, -0.15) is 0 Å². The van der Waals surface area contributed by atoms with Gasteiger partial charge in [0, 0.05) is 23.8 Å². The number of fused-ring (bicyclic) bond motifs is 7. The summed E-state index contributed by atoms with van der Waals surface area (Å²) in [6, 6.07) is 0. The Morgan fingerprint density at radius 3 is 2.19 bits per heavy atom. The molecule has 8 atom stereocenters. The van der Waals surface area contributed by atoms with Crippen LogP contribution in [0.5, 0.6) is 0 Å². The van der Waals surface area contributed by atoms with E-state index in [0.29, 0.717) is 18.3 Å². The van der Waals surface area contributed by atoms with Crippen LogP contribution < -0.4 is 5.32 Å². The maximum Gasteiger partial charge on any atom is 0.312 e. The summed E-state index contributed by atoms with van der Waals surface area (Å²) in [6.07, 6.45) is 11.8. The second-order valence-electron chi connectivity index (χ2n) is 20.6. The molecular formula is C44H69NO7. The molecular weight excluding hydrogens is 654 g/mol. The van der Waals surface area contributed by atoms with E-state index in [-0.39, 0.29) is 82.8 Å². The molecule has 0 radical (unpaired) electrons. The van der Waals surface area contributed by atoms with Gasteiger partial charge in [-0.3, -0.25) is 19.2 Å². The Balaban J connectivity index is 1.40. The van der Waals surface area contributed by atoms with Gasteiger partial charge in [0.05, 0.1) is 18.4 Å². The van der Waals surface area contributed by atoms with Crippen molar-refractivity contribution in [2.45, 2.75) is 159 Å². The summed E-state index contributed by atoms with van der Waals surface area (Å²) in [5.74, 6) is 0.560. The fourth-order valence-corrected chi connectivity index (χ4v) is 12.6.